The highest BCUT2D eigenvalue weighted by Crippen LogP contribution is 2.28. The molecule has 1 aliphatic rings. The molecule has 1 aromatic carbocycles. The van der Waals surface area contributed by atoms with Gasteiger partial charge in [0.1, 0.15) is 5.82 Å². The van der Waals surface area contributed by atoms with Crippen molar-refractivity contribution in [3.63, 3.8) is 0 Å². The summed E-state index contributed by atoms with van der Waals surface area (Å²) in [7, 11) is 0. The smallest absolute Gasteiger partial charge is 0.127 e. The van der Waals surface area contributed by atoms with Gasteiger partial charge in [0.2, 0.25) is 0 Å². The van der Waals surface area contributed by atoms with Gasteiger partial charge in [-0.15, -0.1) is 0 Å². The average molecular weight is 274 g/mol. The van der Waals surface area contributed by atoms with E-state index in [1.807, 2.05) is 11.8 Å². The molecule has 0 aliphatic heterocycles. The lowest BCUT2D eigenvalue weighted by Crippen LogP contribution is -2.26. The number of thioether (sulfide) groups is 1. The van der Waals surface area contributed by atoms with Gasteiger partial charge in [-0.25, -0.2) is 4.39 Å². The van der Waals surface area contributed by atoms with E-state index in [0.29, 0.717) is 23.2 Å². The quantitative estimate of drug-likeness (QED) is 0.894. The number of benzene rings is 1. The summed E-state index contributed by atoms with van der Waals surface area (Å²) < 4.78 is 13.5. The molecule has 17 heavy (non-hydrogen) atoms. The van der Waals surface area contributed by atoms with Crippen LogP contribution in [0.25, 0.3) is 0 Å². The fourth-order valence-electron chi connectivity index (χ4n) is 2.27. The van der Waals surface area contributed by atoms with Crippen LogP contribution in [0.3, 0.4) is 0 Å². The molecule has 1 aromatic rings. The first kappa shape index (κ1) is 13.2. The molecule has 0 bridgehead atoms. The van der Waals surface area contributed by atoms with Crippen molar-refractivity contribution in [3.8, 4) is 0 Å². The maximum Gasteiger partial charge on any atom is 0.127 e. The van der Waals surface area contributed by atoms with Crippen molar-refractivity contribution in [1.82, 2.24) is 5.32 Å². The summed E-state index contributed by atoms with van der Waals surface area (Å²) in [6, 6.07) is 5.23. The van der Waals surface area contributed by atoms with Gasteiger partial charge in [0.05, 0.1) is 0 Å². The van der Waals surface area contributed by atoms with Crippen LogP contribution in [0, 0.1) is 5.82 Å². The van der Waals surface area contributed by atoms with Crippen molar-refractivity contribution in [2.75, 3.05) is 6.26 Å². The Balaban J connectivity index is 1.88. The molecule has 4 heteroatoms. The zero-order chi connectivity index (χ0) is 12.3. The van der Waals surface area contributed by atoms with Gasteiger partial charge in [-0.05, 0) is 43.7 Å². The van der Waals surface area contributed by atoms with Crippen LogP contribution in [0.1, 0.15) is 24.8 Å². The zero-order valence-corrected chi connectivity index (χ0v) is 11.5. The predicted octanol–water partition coefficient (Wildman–Crippen LogP) is 3.85. The normalized spacial score (nSPS) is 24.2. The third-order valence-electron chi connectivity index (χ3n) is 3.31. The monoisotopic (exact) mass is 273 g/mol. The van der Waals surface area contributed by atoms with Crippen molar-refractivity contribution in [3.05, 3.63) is 34.6 Å². The minimum Gasteiger partial charge on any atom is -0.310 e. The molecule has 0 amide bonds. The van der Waals surface area contributed by atoms with E-state index in [9.17, 15) is 4.39 Å². The Morgan fingerprint density at radius 1 is 1.47 bits per heavy atom. The van der Waals surface area contributed by atoms with Gasteiger partial charge in [-0.2, -0.15) is 11.8 Å². The number of hydrogen-bond donors (Lipinski definition) is 1. The molecule has 1 nitrogen and oxygen atoms in total. The van der Waals surface area contributed by atoms with Crippen molar-refractivity contribution in [1.29, 1.82) is 0 Å². The molecule has 0 radical (unpaired) electrons. The van der Waals surface area contributed by atoms with Gasteiger partial charge in [0, 0.05) is 28.4 Å². The maximum absolute atomic E-state index is 13.5. The van der Waals surface area contributed by atoms with Crippen molar-refractivity contribution in [2.45, 2.75) is 37.1 Å². The first-order valence-corrected chi connectivity index (χ1v) is 7.55. The van der Waals surface area contributed by atoms with Crippen LogP contribution in [-0.4, -0.2) is 17.5 Å². The lowest BCUT2D eigenvalue weighted by molar-refractivity contribution is 0.509. The minimum atomic E-state index is -0.179. The van der Waals surface area contributed by atoms with Gasteiger partial charge in [-0.1, -0.05) is 11.6 Å². The molecule has 2 unspecified atom stereocenters. The van der Waals surface area contributed by atoms with Crippen LogP contribution in [0.4, 0.5) is 4.39 Å². The lowest BCUT2D eigenvalue weighted by atomic mass is 10.2. The second kappa shape index (κ2) is 6.07. The second-order valence-corrected chi connectivity index (χ2v) is 6.06. The first-order chi connectivity index (χ1) is 8.19. The molecule has 0 spiro atoms. The van der Waals surface area contributed by atoms with E-state index in [-0.39, 0.29) is 5.82 Å². The molecule has 1 N–H and O–H groups in total. The van der Waals surface area contributed by atoms with Crippen LogP contribution in [-0.2, 0) is 6.54 Å². The minimum absolute atomic E-state index is 0.179. The summed E-state index contributed by atoms with van der Waals surface area (Å²) >= 11 is 7.79. The summed E-state index contributed by atoms with van der Waals surface area (Å²) in [4.78, 5) is 0. The first-order valence-electron chi connectivity index (χ1n) is 5.89. The summed E-state index contributed by atoms with van der Waals surface area (Å²) in [5, 5.41) is 4.77. The number of halogens is 2. The largest absolute Gasteiger partial charge is 0.310 e. The molecule has 0 heterocycles. The van der Waals surface area contributed by atoms with Gasteiger partial charge in [0.15, 0.2) is 0 Å². The SMILES string of the molecule is CSC1CCC(NCc2cc(Cl)ccc2F)C1. The van der Waals surface area contributed by atoms with Gasteiger partial charge < -0.3 is 5.32 Å². The Kier molecular flexibility index (Phi) is 4.71. The third kappa shape index (κ3) is 3.60. The Morgan fingerprint density at radius 3 is 3.00 bits per heavy atom. The maximum atomic E-state index is 13.5. The van der Waals surface area contributed by atoms with E-state index in [2.05, 4.69) is 11.6 Å². The average Bonchev–Trinajstić information content (AvgIpc) is 2.78. The van der Waals surface area contributed by atoms with E-state index >= 15 is 0 Å². The van der Waals surface area contributed by atoms with Crippen LogP contribution in [0.5, 0.6) is 0 Å². The lowest BCUT2D eigenvalue weighted by Gasteiger charge is -2.13. The van der Waals surface area contributed by atoms with Gasteiger partial charge in [0.25, 0.3) is 0 Å². The van der Waals surface area contributed by atoms with Crippen LogP contribution < -0.4 is 5.32 Å². The molecule has 94 valence electrons. The van der Waals surface area contributed by atoms with Crippen molar-refractivity contribution >= 4 is 23.4 Å². The van der Waals surface area contributed by atoms with E-state index in [1.54, 1.807) is 12.1 Å². The fraction of sp³-hybridized carbons (Fsp3) is 0.538. The molecule has 0 saturated heterocycles. The Hall–Kier alpha value is -0.250. The molecule has 1 aliphatic carbocycles. The number of nitrogens with one attached hydrogen (secondary N) is 1. The second-order valence-electron chi connectivity index (χ2n) is 4.48. The Bertz CT molecular complexity index is 386. The third-order valence-corrected chi connectivity index (χ3v) is 4.64. The van der Waals surface area contributed by atoms with E-state index < -0.39 is 0 Å². The highest BCUT2D eigenvalue weighted by molar-refractivity contribution is 7.99. The number of rotatable bonds is 4. The molecule has 2 atom stereocenters. The highest BCUT2D eigenvalue weighted by Gasteiger charge is 2.23. The Labute approximate surface area is 111 Å². The summed E-state index contributed by atoms with van der Waals surface area (Å²) in [6.45, 7) is 0.568. The fourth-order valence-corrected chi connectivity index (χ4v) is 3.26. The molecule has 1 fully saturated rings. The topological polar surface area (TPSA) is 12.0 Å². The predicted molar refractivity (Wildman–Crippen MR) is 73.2 cm³/mol. The van der Waals surface area contributed by atoms with Crippen LogP contribution >= 0.6 is 23.4 Å². The van der Waals surface area contributed by atoms with Gasteiger partial charge >= 0.3 is 0 Å². The van der Waals surface area contributed by atoms with Crippen molar-refractivity contribution < 1.29 is 4.39 Å². The van der Waals surface area contributed by atoms with Gasteiger partial charge in [-0.3, -0.25) is 0 Å². The molecule has 2 rings (SSSR count). The summed E-state index contributed by atoms with van der Waals surface area (Å²) in [5.74, 6) is -0.179. The highest BCUT2D eigenvalue weighted by atomic mass is 35.5. The van der Waals surface area contributed by atoms with Crippen LogP contribution in [0.15, 0.2) is 18.2 Å². The van der Waals surface area contributed by atoms with Crippen molar-refractivity contribution in [2.24, 2.45) is 0 Å². The van der Waals surface area contributed by atoms with E-state index in [4.69, 9.17) is 11.6 Å². The molecular weight excluding hydrogens is 257 g/mol. The van der Waals surface area contributed by atoms with E-state index in [1.165, 1.54) is 25.3 Å². The summed E-state index contributed by atoms with van der Waals surface area (Å²) in [5.41, 5.74) is 0.658. The molecular formula is C13H17ClFNS. The standard InChI is InChI=1S/C13H17ClFNS/c1-17-12-4-3-11(7-12)16-8-9-6-10(14)2-5-13(9)15/h2,5-6,11-12,16H,3-4,7-8H2,1H3. The Morgan fingerprint density at radius 2 is 2.29 bits per heavy atom. The van der Waals surface area contributed by atoms with Crippen LogP contribution in [0.2, 0.25) is 5.02 Å². The summed E-state index contributed by atoms with van der Waals surface area (Å²) in [6.07, 6.45) is 5.79. The molecule has 0 aromatic heterocycles. The molecule has 1 saturated carbocycles. The van der Waals surface area contributed by atoms with E-state index in [0.717, 1.165) is 5.25 Å². The zero-order valence-electron chi connectivity index (χ0n) is 9.88. The number of hydrogen-bond acceptors (Lipinski definition) is 2.